The number of aliphatic imine (C=N–C) groups is 1. The van der Waals surface area contributed by atoms with Crippen LogP contribution < -0.4 is 0 Å². The third kappa shape index (κ3) is 3.44. The first kappa shape index (κ1) is 20.2. The van der Waals surface area contributed by atoms with E-state index in [2.05, 4.69) is 9.98 Å². The molecule has 0 bridgehead atoms. The molecule has 1 aromatic carbocycles. The summed E-state index contributed by atoms with van der Waals surface area (Å²) in [5.74, 6) is -0.655. The Morgan fingerprint density at radius 3 is 2.68 bits per heavy atom. The van der Waals surface area contributed by atoms with Crippen LogP contribution in [-0.2, 0) is 15.1 Å². The van der Waals surface area contributed by atoms with Crippen molar-refractivity contribution in [1.82, 2.24) is 9.88 Å². The molecule has 0 atom stereocenters. The summed E-state index contributed by atoms with van der Waals surface area (Å²) >= 11 is 7.09. The second-order valence-corrected chi connectivity index (χ2v) is 8.92. The highest BCUT2D eigenvalue weighted by Gasteiger charge is 2.48. The topological polar surface area (TPSA) is 92.1 Å². The van der Waals surface area contributed by atoms with E-state index in [9.17, 15) is 14.7 Å². The standard InChI is InChI=1S/C22H18ClN3O4S/c23-17-6-5-13(11-24-17)15(12-27)18-19(28)25-21(31-18)26-9-7-22(8-10-26)16-4-2-1-3-14(16)20(29)30-22/h1-6,11,27H,7-10,12H2. The number of esters is 1. The predicted molar refractivity (Wildman–Crippen MR) is 118 cm³/mol. The van der Waals surface area contributed by atoms with Gasteiger partial charge >= 0.3 is 5.97 Å². The fourth-order valence-corrected chi connectivity index (χ4v) is 5.42. The van der Waals surface area contributed by atoms with Crippen LogP contribution in [0, 0.1) is 0 Å². The molecule has 1 N–H and O–H groups in total. The molecule has 3 aliphatic heterocycles. The Kier molecular flexibility index (Phi) is 5.08. The van der Waals surface area contributed by atoms with Gasteiger partial charge in [0, 0.05) is 43.3 Å². The second-order valence-electron chi connectivity index (χ2n) is 7.55. The average Bonchev–Trinajstić information content (AvgIpc) is 3.29. The van der Waals surface area contributed by atoms with Crippen molar-refractivity contribution in [2.45, 2.75) is 18.4 Å². The number of pyridine rings is 1. The minimum atomic E-state index is -0.609. The summed E-state index contributed by atoms with van der Waals surface area (Å²) in [6, 6.07) is 10.8. The van der Waals surface area contributed by atoms with E-state index in [1.807, 2.05) is 23.1 Å². The molecular weight excluding hydrogens is 438 g/mol. The first-order chi connectivity index (χ1) is 15.0. The Balaban J connectivity index is 1.34. The zero-order valence-electron chi connectivity index (χ0n) is 16.4. The van der Waals surface area contributed by atoms with Crippen LogP contribution in [0.25, 0.3) is 5.57 Å². The molecule has 3 aliphatic rings. The van der Waals surface area contributed by atoms with E-state index in [0.29, 0.717) is 57.9 Å². The van der Waals surface area contributed by atoms with E-state index in [1.54, 1.807) is 18.2 Å². The van der Waals surface area contributed by atoms with Crippen molar-refractivity contribution in [2.24, 2.45) is 4.99 Å². The second kappa shape index (κ2) is 7.78. The number of fused-ring (bicyclic) bond motifs is 2. The van der Waals surface area contributed by atoms with Gasteiger partial charge in [0.2, 0.25) is 0 Å². The van der Waals surface area contributed by atoms with Gasteiger partial charge in [-0.05, 0) is 35.5 Å². The first-order valence-electron chi connectivity index (χ1n) is 9.85. The van der Waals surface area contributed by atoms with Gasteiger partial charge in [-0.15, -0.1) is 0 Å². The number of aromatic nitrogens is 1. The number of carbonyl (C=O) groups excluding carboxylic acids is 2. The lowest BCUT2D eigenvalue weighted by molar-refractivity contribution is -0.113. The summed E-state index contributed by atoms with van der Waals surface area (Å²) in [5.41, 5.74) is 2.07. The number of amides is 1. The fraction of sp³-hybridized carbons (Fsp3) is 0.273. The zero-order valence-corrected chi connectivity index (χ0v) is 17.9. The Bertz CT molecular complexity index is 1140. The number of benzene rings is 1. The highest BCUT2D eigenvalue weighted by molar-refractivity contribution is 8.18. The van der Waals surface area contributed by atoms with Gasteiger partial charge in [0.15, 0.2) is 5.17 Å². The van der Waals surface area contributed by atoms with E-state index in [1.165, 1.54) is 18.0 Å². The number of aliphatic hydroxyl groups is 1. The fourth-order valence-electron chi connectivity index (χ4n) is 4.25. The maximum atomic E-state index is 12.6. The van der Waals surface area contributed by atoms with Gasteiger partial charge in [-0.1, -0.05) is 29.8 Å². The van der Waals surface area contributed by atoms with Crippen LogP contribution in [0.15, 0.2) is 52.5 Å². The van der Waals surface area contributed by atoms with Crippen LogP contribution in [0.4, 0.5) is 0 Å². The van der Waals surface area contributed by atoms with Gasteiger partial charge in [0.1, 0.15) is 10.8 Å². The molecule has 1 amide bonds. The lowest BCUT2D eigenvalue weighted by atomic mass is 9.84. The highest BCUT2D eigenvalue weighted by Crippen LogP contribution is 2.45. The molecule has 0 unspecified atom stereocenters. The first-order valence-corrected chi connectivity index (χ1v) is 11.0. The number of nitrogens with zero attached hydrogens (tertiary/aromatic N) is 3. The molecular formula is C22H18ClN3O4S. The number of halogens is 1. The number of hydrogen-bond donors (Lipinski definition) is 1. The number of piperidine rings is 1. The average molecular weight is 456 g/mol. The van der Waals surface area contributed by atoms with Crippen LogP contribution >= 0.6 is 23.4 Å². The molecule has 4 heterocycles. The van der Waals surface area contributed by atoms with Gasteiger partial charge in [-0.3, -0.25) is 4.79 Å². The number of aliphatic hydroxyl groups excluding tert-OH is 1. The van der Waals surface area contributed by atoms with Crippen LogP contribution in [0.3, 0.4) is 0 Å². The van der Waals surface area contributed by atoms with E-state index >= 15 is 0 Å². The summed E-state index contributed by atoms with van der Waals surface area (Å²) in [7, 11) is 0. The minimum absolute atomic E-state index is 0.277. The smallest absolute Gasteiger partial charge is 0.339 e. The van der Waals surface area contributed by atoms with Crippen molar-refractivity contribution in [1.29, 1.82) is 0 Å². The van der Waals surface area contributed by atoms with Gasteiger partial charge in [0.25, 0.3) is 5.91 Å². The van der Waals surface area contributed by atoms with Gasteiger partial charge < -0.3 is 14.7 Å². The Hall–Kier alpha value is -2.68. The number of carbonyl (C=O) groups is 2. The molecule has 1 fully saturated rings. The summed E-state index contributed by atoms with van der Waals surface area (Å²) in [6.07, 6.45) is 2.77. The number of thioether (sulfide) groups is 1. The summed E-state index contributed by atoms with van der Waals surface area (Å²) in [5, 5.41) is 10.8. The Morgan fingerprint density at radius 2 is 1.97 bits per heavy atom. The maximum absolute atomic E-state index is 12.6. The molecule has 158 valence electrons. The van der Waals surface area contributed by atoms with Crippen LogP contribution in [0.1, 0.15) is 34.3 Å². The van der Waals surface area contributed by atoms with Crippen molar-refractivity contribution in [3.05, 3.63) is 69.3 Å². The third-order valence-electron chi connectivity index (χ3n) is 5.86. The summed E-state index contributed by atoms with van der Waals surface area (Å²) < 4.78 is 5.80. The lowest BCUT2D eigenvalue weighted by Gasteiger charge is -2.39. The molecule has 1 saturated heterocycles. The van der Waals surface area contributed by atoms with E-state index in [0.717, 1.165) is 5.56 Å². The normalized spacial score (nSPS) is 21.2. The molecule has 9 heteroatoms. The molecule has 0 saturated carbocycles. The largest absolute Gasteiger partial charge is 0.450 e. The molecule has 1 aromatic heterocycles. The van der Waals surface area contributed by atoms with Crippen molar-refractivity contribution in [3.63, 3.8) is 0 Å². The van der Waals surface area contributed by atoms with Crippen LogP contribution in [0.5, 0.6) is 0 Å². The third-order valence-corrected chi connectivity index (χ3v) is 7.24. The molecule has 1 spiro atoms. The maximum Gasteiger partial charge on any atom is 0.339 e. The number of ether oxygens (including phenoxy) is 1. The van der Waals surface area contributed by atoms with E-state index < -0.39 is 5.60 Å². The summed E-state index contributed by atoms with van der Waals surface area (Å²) in [6.45, 7) is 0.895. The zero-order chi connectivity index (χ0) is 21.6. The van der Waals surface area contributed by atoms with Crippen molar-refractivity contribution < 1.29 is 19.4 Å². The molecule has 0 aliphatic carbocycles. The molecule has 0 radical (unpaired) electrons. The van der Waals surface area contributed by atoms with Crippen molar-refractivity contribution in [2.75, 3.05) is 19.7 Å². The number of rotatable bonds is 2. The highest BCUT2D eigenvalue weighted by atomic mass is 35.5. The lowest BCUT2D eigenvalue weighted by Crippen LogP contribution is -2.44. The van der Waals surface area contributed by atoms with E-state index in [4.69, 9.17) is 16.3 Å². The monoisotopic (exact) mass is 455 g/mol. The molecule has 7 nitrogen and oxygen atoms in total. The minimum Gasteiger partial charge on any atom is -0.450 e. The number of amidine groups is 1. The number of likely N-dealkylation sites (tertiary alicyclic amines) is 1. The van der Waals surface area contributed by atoms with E-state index in [-0.39, 0.29) is 18.5 Å². The van der Waals surface area contributed by atoms with Gasteiger partial charge in [-0.25, -0.2) is 9.78 Å². The summed E-state index contributed by atoms with van der Waals surface area (Å²) in [4.78, 5) is 35.6. The predicted octanol–water partition coefficient (Wildman–Crippen LogP) is 3.23. The molecule has 2 aromatic rings. The van der Waals surface area contributed by atoms with Crippen molar-refractivity contribution >= 4 is 46.0 Å². The Labute approximate surface area is 187 Å². The molecule has 5 rings (SSSR count). The van der Waals surface area contributed by atoms with Gasteiger partial charge in [-0.2, -0.15) is 4.99 Å². The SMILES string of the molecule is O=C1N=C(N2CCC3(CC2)OC(=O)c2ccccc23)SC1=C(CO)c1ccc(Cl)nc1. The van der Waals surface area contributed by atoms with Crippen LogP contribution in [0.2, 0.25) is 5.15 Å². The quantitative estimate of drug-likeness (QED) is 0.422. The van der Waals surface area contributed by atoms with Crippen LogP contribution in [-0.4, -0.2) is 51.7 Å². The Morgan fingerprint density at radius 1 is 1.19 bits per heavy atom. The van der Waals surface area contributed by atoms with Crippen molar-refractivity contribution in [3.8, 4) is 0 Å². The van der Waals surface area contributed by atoms with Gasteiger partial charge in [0.05, 0.1) is 17.1 Å². The number of hydrogen-bond acceptors (Lipinski definition) is 7. The molecule has 31 heavy (non-hydrogen) atoms.